The summed E-state index contributed by atoms with van der Waals surface area (Å²) in [5.74, 6) is 1.32. The lowest BCUT2D eigenvalue weighted by Crippen LogP contribution is -2.28. The Hall–Kier alpha value is -2.90. The van der Waals surface area contributed by atoms with Crippen LogP contribution in [0.25, 0.3) is 5.69 Å². The maximum Gasteiger partial charge on any atom is 0.251 e. The summed E-state index contributed by atoms with van der Waals surface area (Å²) in [6.07, 6.45) is 0. The average Bonchev–Trinajstić information content (AvgIpc) is 3.23. The van der Waals surface area contributed by atoms with Crippen LogP contribution in [0.2, 0.25) is 0 Å². The predicted molar refractivity (Wildman–Crippen MR) is 132 cm³/mol. The average molecular weight is 507 g/mol. The number of aryl methyl sites for hydroxylation is 1. The van der Waals surface area contributed by atoms with Gasteiger partial charge < -0.3 is 5.32 Å². The van der Waals surface area contributed by atoms with E-state index in [0.29, 0.717) is 11.4 Å². The van der Waals surface area contributed by atoms with Gasteiger partial charge in [-0.25, -0.2) is 0 Å². The van der Waals surface area contributed by atoms with E-state index < -0.39 is 0 Å². The first-order valence-corrected chi connectivity index (χ1v) is 12.0. The second-order valence-electron chi connectivity index (χ2n) is 7.49. The monoisotopic (exact) mass is 506 g/mol. The summed E-state index contributed by atoms with van der Waals surface area (Å²) in [6.45, 7) is 3.99. The van der Waals surface area contributed by atoms with E-state index in [1.54, 1.807) is 23.9 Å². The summed E-state index contributed by atoms with van der Waals surface area (Å²) in [7, 11) is 0. The molecule has 7 heteroatoms. The van der Waals surface area contributed by atoms with E-state index in [2.05, 4.69) is 74.8 Å². The highest BCUT2D eigenvalue weighted by Gasteiger charge is 2.21. The number of rotatable bonds is 7. The number of aromatic nitrogens is 3. The van der Waals surface area contributed by atoms with Crippen LogP contribution >= 0.6 is 27.7 Å². The lowest BCUT2D eigenvalue weighted by Gasteiger charge is -2.16. The quantitative estimate of drug-likeness (QED) is 0.306. The van der Waals surface area contributed by atoms with Crippen molar-refractivity contribution < 1.29 is 4.79 Å². The summed E-state index contributed by atoms with van der Waals surface area (Å²) in [4.78, 5) is 12.8. The van der Waals surface area contributed by atoms with Crippen LogP contribution in [-0.2, 0) is 5.75 Å². The molecule has 1 aromatic heterocycles. The van der Waals surface area contributed by atoms with Gasteiger partial charge in [0.05, 0.1) is 6.04 Å². The highest BCUT2D eigenvalue weighted by atomic mass is 79.9. The third-order valence-corrected chi connectivity index (χ3v) is 6.53. The van der Waals surface area contributed by atoms with Gasteiger partial charge in [-0.15, -0.1) is 10.2 Å². The van der Waals surface area contributed by atoms with Crippen molar-refractivity contribution in [3.05, 3.63) is 106 Å². The summed E-state index contributed by atoms with van der Waals surface area (Å²) >= 11 is 5.03. The third-order valence-electron chi connectivity index (χ3n) is 5.00. The van der Waals surface area contributed by atoms with Gasteiger partial charge in [-0.3, -0.25) is 9.36 Å². The third kappa shape index (κ3) is 5.29. The van der Waals surface area contributed by atoms with Gasteiger partial charge in [-0.05, 0) is 55.8 Å². The normalized spacial score (nSPS) is 11.8. The lowest BCUT2D eigenvalue weighted by molar-refractivity contribution is 0.0938. The predicted octanol–water partition coefficient (Wildman–Crippen LogP) is 6.12. The van der Waals surface area contributed by atoms with Crippen LogP contribution in [0.4, 0.5) is 0 Å². The smallest absolute Gasteiger partial charge is 0.251 e. The van der Waals surface area contributed by atoms with Crippen molar-refractivity contribution in [2.75, 3.05) is 0 Å². The first kappa shape index (κ1) is 22.3. The summed E-state index contributed by atoms with van der Waals surface area (Å²) in [5, 5.41) is 12.8. The molecule has 1 N–H and O–H groups in total. The molecule has 0 saturated heterocycles. The van der Waals surface area contributed by atoms with Crippen LogP contribution in [0.1, 0.15) is 40.3 Å². The largest absolute Gasteiger partial charge is 0.342 e. The Morgan fingerprint density at radius 1 is 1.00 bits per heavy atom. The zero-order chi connectivity index (χ0) is 22.5. The molecule has 1 unspecified atom stereocenters. The maximum atomic E-state index is 12.8. The number of benzene rings is 3. The Kier molecular flexibility index (Phi) is 7.07. The minimum absolute atomic E-state index is 0.151. The van der Waals surface area contributed by atoms with Crippen LogP contribution in [0.3, 0.4) is 0 Å². The molecule has 0 aliphatic heterocycles. The number of carbonyl (C=O) groups excluding carboxylic acids is 1. The summed E-state index contributed by atoms with van der Waals surface area (Å²) < 4.78 is 2.96. The Bertz CT molecular complexity index is 1190. The molecule has 0 radical (unpaired) electrons. The van der Waals surface area contributed by atoms with E-state index in [9.17, 15) is 4.79 Å². The lowest BCUT2D eigenvalue weighted by atomic mass is 10.2. The van der Waals surface area contributed by atoms with E-state index in [0.717, 1.165) is 21.1 Å². The van der Waals surface area contributed by atoms with Crippen molar-refractivity contribution in [1.82, 2.24) is 20.1 Å². The number of amides is 1. The fourth-order valence-corrected chi connectivity index (χ4v) is 4.44. The molecule has 3 aromatic carbocycles. The fraction of sp³-hybridized carbons (Fsp3) is 0.160. The van der Waals surface area contributed by atoms with Gasteiger partial charge in [0.15, 0.2) is 11.0 Å². The fourth-order valence-electron chi connectivity index (χ4n) is 3.26. The molecule has 4 aromatic rings. The van der Waals surface area contributed by atoms with Gasteiger partial charge in [0.2, 0.25) is 0 Å². The standard InChI is InChI=1S/C25H23BrN4OS/c1-17-8-14-22(15-9-17)30-23(18(2)27-24(31)20-10-12-21(26)13-11-20)28-29-25(30)32-16-19-6-4-3-5-7-19/h3-15,18H,16H2,1-2H3,(H,27,31). The Labute approximate surface area is 200 Å². The Morgan fingerprint density at radius 3 is 2.38 bits per heavy atom. The molecule has 5 nitrogen and oxygen atoms in total. The summed E-state index contributed by atoms with van der Waals surface area (Å²) in [5.41, 5.74) is 3.96. The Balaban J connectivity index is 1.61. The van der Waals surface area contributed by atoms with Gasteiger partial charge in [-0.2, -0.15) is 0 Å². The van der Waals surface area contributed by atoms with E-state index in [1.807, 2.05) is 41.8 Å². The molecule has 162 valence electrons. The number of thioether (sulfide) groups is 1. The topological polar surface area (TPSA) is 59.8 Å². The number of nitrogens with zero attached hydrogens (tertiary/aromatic N) is 3. The van der Waals surface area contributed by atoms with E-state index >= 15 is 0 Å². The molecule has 0 aliphatic carbocycles. The molecular weight excluding hydrogens is 484 g/mol. The number of hydrogen-bond acceptors (Lipinski definition) is 4. The molecule has 32 heavy (non-hydrogen) atoms. The first-order valence-electron chi connectivity index (χ1n) is 10.3. The van der Waals surface area contributed by atoms with Gasteiger partial charge in [-0.1, -0.05) is 75.7 Å². The molecule has 1 amide bonds. The maximum absolute atomic E-state index is 12.8. The van der Waals surface area contributed by atoms with Crippen molar-refractivity contribution in [1.29, 1.82) is 0 Å². The minimum atomic E-state index is -0.328. The minimum Gasteiger partial charge on any atom is -0.342 e. The molecule has 0 bridgehead atoms. The molecule has 0 fully saturated rings. The highest BCUT2D eigenvalue weighted by molar-refractivity contribution is 9.10. The second-order valence-corrected chi connectivity index (χ2v) is 9.35. The van der Waals surface area contributed by atoms with Crippen molar-refractivity contribution in [3.63, 3.8) is 0 Å². The first-order chi connectivity index (χ1) is 15.5. The Morgan fingerprint density at radius 2 is 1.69 bits per heavy atom. The van der Waals surface area contributed by atoms with Crippen LogP contribution in [0, 0.1) is 6.92 Å². The van der Waals surface area contributed by atoms with E-state index in [1.165, 1.54) is 11.1 Å². The van der Waals surface area contributed by atoms with Crippen LogP contribution in [-0.4, -0.2) is 20.7 Å². The van der Waals surface area contributed by atoms with E-state index in [-0.39, 0.29) is 11.9 Å². The highest BCUT2D eigenvalue weighted by Crippen LogP contribution is 2.28. The summed E-state index contributed by atoms with van der Waals surface area (Å²) in [6, 6.07) is 25.5. The molecular formula is C25H23BrN4OS. The zero-order valence-electron chi connectivity index (χ0n) is 17.8. The molecule has 1 heterocycles. The van der Waals surface area contributed by atoms with Crippen molar-refractivity contribution in [2.24, 2.45) is 0 Å². The van der Waals surface area contributed by atoms with Crippen molar-refractivity contribution >= 4 is 33.6 Å². The van der Waals surface area contributed by atoms with Gasteiger partial charge in [0.1, 0.15) is 0 Å². The van der Waals surface area contributed by atoms with Gasteiger partial charge >= 0.3 is 0 Å². The molecule has 0 spiro atoms. The number of halogens is 1. The van der Waals surface area contributed by atoms with Crippen LogP contribution in [0.5, 0.6) is 0 Å². The zero-order valence-corrected chi connectivity index (χ0v) is 20.2. The molecule has 1 atom stereocenters. The van der Waals surface area contributed by atoms with Crippen LogP contribution < -0.4 is 5.32 Å². The van der Waals surface area contributed by atoms with Gasteiger partial charge in [0, 0.05) is 21.5 Å². The number of carbonyl (C=O) groups is 1. The van der Waals surface area contributed by atoms with Crippen molar-refractivity contribution in [2.45, 2.75) is 30.8 Å². The number of nitrogens with one attached hydrogen (secondary N) is 1. The SMILES string of the molecule is Cc1ccc(-n2c(SCc3ccccc3)nnc2C(C)NC(=O)c2ccc(Br)cc2)cc1. The second kappa shape index (κ2) is 10.1. The van der Waals surface area contributed by atoms with Crippen molar-refractivity contribution in [3.8, 4) is 5.69 Å². The van der Waals surface area contributed by atoms with Gasteiger partial charge in [0.25, 0.3) is 5.91 Å². The molecule has 0 saturated carbocycles. The van der Waals surface area contributed by atoms with E-state index in [4.69, 9.17) is 0 Å². The molecule has 4 rings (SSSR count). The van der Waals surface area contributed by atoms with Crippen LogP contribution in [0.15, 0.2) is 88.5 Å². The molecule has 0 aliphatic rings. The number of hydrogen-bond donors (Lipinski definition) is 1.